The van der Waals surface area contributed by atoms with Crippen molar-refractivity contribution in [3.05, 3.63) is 59.2 Å². The number of pyridine rings is 1. The molecule has 1 aromatic carbocycles. The van der Waals surface area contributed by atoms with E-state index in [2.05, 4.69) is 20.8 Å². The van der Waals surface area contributed by atoms with E-state index in [1.54, 1.807) is 18.2 Å². The number of rotatable bonds is 8. The summed E-state index contributed by atoms with van der Waals surface area (Å²) < 4.78 is 13.5. The zero-order chi connectivity index (χ0) is 23.3. The number of nitrogens with zero attached hydrogens (tertiary/aromatic N) is 1. The SMILES string of the molecule is CC(C)c1nc(C(C)(C)C)cc(-c2ccc(F)cc2)c1/C=C/[C@@H](O)C[C@@H](O)CC(=O)[O-].[Na+]. The van der Waals surface area contributed by atoms with E-state index in [1.807, 2.05) is 19.9 Å². The molecule has 2 aromatic rings. The van der Waals surface area contributed by atoms with Gasteiger partial charge < -0.3 is 20.1 Å². The van der Waals surface area contributed by atoms with Gasteiger partial charge in [0, 0.05) is 35.5 Å². The number of carbonyl (C=O) groups is 1. The summed E-state index contributed by atoms with van der Waals surface area (Å²) in [6.45, 7) is 10.3. The Morgan fingerprint density at radius 1 is 1.19 bits per heavy atom. The number of carboxylic acid groups (broad SMARTS) is 1. The van der Waals surface area contributed by atoms with Crippen molar-refractivity contribution in [3.63, 3.8) is 0 Å². The summed E-state index contributed by atoms with van der Waals surface area (Å²) in [7, 11) is 0. The fraction of sp³-hybridized carbons (Fsp3) is 0.440. The first-order chi connectivity index (χ1) is 14.4. The Balaban J connectivity index is 0.00000512. The van der Waals surface area contributed by atoms with Crippen molar-refractivity contribution in [1.29, 1.82) is 0 Å². The molecule has 5 nitrogen and oxygen atoms in total. The first-order valence-electron chi connectivity index (χ1n) is 10.4. The summed E-state index contributed by atoms with van der Waals surface area (Å²) in [4.78, 5) is 15.5. The molecule has 2 N–H and O–H groups in total. The molecule has 2 rings (SSSR count). The normalized spacial score (nSPS) is 13.8. The molecule has 0 fully saturated rings. The molecular formula is C25H31FNNaO4. The van der Waals surface area contributed by atoms with Gasteiger partial charge in [0.2, 0.25) is 0 Å². The van der Waals surface area contributed by atoms with Crippen LogP contribution >= 0.6 is 0 Å². The predicted octanol–water partition coefficient (Wildman–Crippen LogP) is 0.578. The third-order valence-corrected chi connectivity index (χ3v) is 4.96. The van der Waals surface area contributed by atoms with Gasteiger partial charge in [-0.1, -0.05) is 58.9 Å². The molecule has 0 aliphatic carbocycles. The Kier molecular flexibility index (Phi) is 10.7. The number of carbonyl (C=O) groups excluding carboxylic acids is 1. The van der Waals surface area contributed by atoms with Crippen LogP contribution in [-0.2, 0) is 10.2 Å². The Morgan fingerprint density at radius 3 is 2.28 bits per heavy atom. The topological polar surface area (TPSA) is 93.5 Å². The average molecular weight is 452 g/mol. The van der Waals surface area contributed by atoms with Crippen LogP contribution in [0.15, 0.2) is 36.4 Å². The molecule has 0 bridgehead atoms. The van der Waals surface area contributed by atoms with E-state index >= 15 is 0 Å². The third kappa shape index (κ3) is 8.09. The van der Waals surface area contributed by atoms with Crippen LogP contribution in [0.25, 0.3) is 17.2 Å². The van der Waals surface area contributed by atoms with E-state index in [4.69, 9.17) is 4.98 Å². The van der Waals surface area contributed by atoms with Crippen LogP contribution in [0.5, 0.6) is 0 Å². The molecule has 7 heteroatoms. The molecule has 0 spiro atoms. The monoisotopic (exact) mass is 451 g/mol. The van der Waals surface area contributed by atoms with E-state index in [9.17, 15) is 24.5 Å². The van der Waals surface area contributed by atoms with Crippen LogP contribution in [0.4, 0.5) is 4.39 Å². The quantitative estimate of drug-likeness (QED) is 0.573. The minimum atomic E-state index is -1.37. The van der Waals surface area contributed by atoms with Gasteiger partial charge in [0.1, 0.15) is 5.82 Å². The van der Waals surface area contributed by atoms with Gasteiger partial charge in [-0.15, -0.1) is 0 Å². The number of hydrogen-bond acceptors (Lipinski definition) is 5. The summed E-state index contributed by atoms with van der Waals surface area (Å²) in [5.41, 5.74) is 4.02. The van der Waals surface area contributed by atoms with Gasteiger partial charge in [-0.2, -0.15) is 0 Å². The van der Waals surface area contributed by atoms with Gasteiger partial charge in [-0.05, 0) is 35.2 Å². The van der Waals surface area contributed by atoms with Crippen molar-refractivity contribution in [2.45, 2.75) is 71.0 Å². The third-order valence-electron chi connectivity index (χ3n) is 4.96. The van der Waals surface area contributed by atoms with Crippen molar-refractivity contribution >= 4 is 12.0 Å². The van der Waals surface area contributed by atoms with Gasteiger partial charge in [0.05, 0.1) is 17.9 Å². The summed E-state index contributed by atoms with van der Waals surface area (Å²) in [5, 5.41) is 30.6. The minimum absolute atomic E-state index is 0. The van der Waals surface area contributed by atoms with Crippen molar-refractivity contribution < 1.29 is 54.1 Å². The van der Waals surface area contributed by atoms with E-state index in [0.29, 0.717) is 0 Å². The van der Waals surface area contributed by atoms with E-state index < -0.39 is 24.6 Å². The average Bonchev–Trinajstić information content (AvgIpc) is 2.64. The molecule has 2 atom stereocenters. The molecular weight excluding hydrogens is 420 g/mol. The van der Waals surface area contributed by atoms with Crippen LogP contribution < -0.4 is 34.7 Å². The zero-order valence-electron chi connectivity index (χ0n) is 19.7. The van der Waals surface area contributed by atoms with E-state index in [-0.39, 0.29) is 53.1 Å². The van der Waals surface area contributed by atoms with Crippen molar-refractivity contribution in [2.24, 2.45) is 0 Å². The molecule has 0 aliphatic heterocycles. The molecule has 0 amide bonds. The number of aliphatic carboxylic acids is 1. The van der Waals surface area contributed by atoms with Gasteiger partial charge in [-0.25, -0.2) is 4.39 Å². The maximum atomic E-state index is 13.5. The first-order valence-corrected chi connectivity index (χ1v) is 10.4. The van der Waals surface area contributed by atoms with Crippen LogP contribution in [0.3, 0.4) is 0 Å². The zero-order valence-corrected chi connectivity index (χ0v) is 21.7. The number of aliphatic hydroxyl groups is 2. The number of benzene rings is 1. The molecule has 0 saturated carbocycles. The molecule has 0 unspecified atom stereocenters. The smallest absolute Gasteiger partial charge is 0.550 e. The van der Waals surface area contributed by atoms with Crippen LogP contribution in [0, 0.1) is 5.82 Å². The predicted molar refractivity (Wildman–Crippen MR) is 118 cm³/mol. The number of aliphatic hydroxyl groups excluding tert-OH is 2. The molecule has 0 saturated heterocycles. The maximum Gasteiger partial charge on any atom is 1.00 e. The van der Waals surface area contributed by atoms with E-state index in [0.717, 1.165) is 28.1 Å². The van der Waals surface area contributed by atoms with E-state index in [1.165, 1.54) is 18.2 Å². The van der Waals surface area contributed by atoms with Gasteiger partial charge in [-0.3, -0.25) is 4.98 Å². The molecule has 32 heavy (non-hydrogen) atoms. The number of halogens is 1. The second kappa shape index (κ2) is 12.1. The Hall–Kier alpha value is -1.57. The summed E-state index contributed by atoms with van der Waals surface area (Å²) in [5.74, 6) is -1.61. The van der Waals surface area contributed by atoms with Crippen LogP contribution in [-0.4, -0.2) is 33.4 Å². The molecule has 0 aliphatic rings. The number of carboxylic acids is 1. The minimum Gasteiger partial charge on any atom is -0.550 e. The fourth-order valence-corrected chi connectivity index (χ4v) is 3.28. The largest absolute Gasteiger partial charge is 1.00 e. The Labute approximate surface area is 211 Å². The Morgan fingerprint density at radius 2 is 1.78 bits per heavy atom. The van der Waals surface area contributed by atoms with Crippen LogP contribution in [0.2, 0.25) is 0 Å². The van der Waals surface area contributed by atoms with Crippen molar-refractivity contribution in [1.82, 2.24) is 4.98 Å². The molecule has 0 radical (unpaired) electrons. The standard InChI is InChI=1S/C25H32FNO4.Na/c1-15(2)24-20(11-10-18(28)12-19(29)13-23(30)31)21(14-22(27-24)25(3,4)5)16-6-8-17(26)9-7-16;/h6-11,14-15,18-19,28-29H,12-13H2,1-5H3,(H,30,31);/q;+1/p-1/b11-10+;/t18-,19-;/m1./s1. The number of hydrogen-bond donors (Lipinski definition) is 2. The molecule has 1 aromatic heterocycles. The van der Waals surface area contributed by atoms with Crippen molar-refractivity contribution in [3.8, 4) is 11.1 Å². The summed E-state index contributed by atoms with van der Waals surface area (Å²) >= 11 is 0. The second-order valence-corrected chi connectivity index (χ2v) is 9.16. The van der Waals surface area contributed by atoms with Crippen LogP contribution in [0.1, 0.15) is 70.3 Å². The first kappa shape index (κ1) is 28.5. The molecule has 1 heterocycles. The summed E-state index contributed by atoms with van der Waals surface area (Å²) in [6.07, 6.45) is 0.352. The van der Waals surface area contributed by atoms with Gasteiger partial charge >= 0.3 is 29.6 Å². The maximum absolute atomic E-state index is 13.5. The van der Waals surface area contributed by atoms with Gasteiger partial charge in [0.25, 0.3) is 0 Å². The second-order valence-electron chi connectivity index (χ2n) is 9.16. The van der Waals surface area contributed by atoms with Crippen molar-refractivity contribution in [2.75, 3.05) is 0 Å². The van der Waals surface area contributed by atoms with Gasteiger partial charge in [0.15, 0.2) is 0 Å². The number of aromatic nitrogens is 1. The summed E-state index contributed by atoms with van der Waals surface area (Å²) in [6, 6.07) is 8.20. The Bertz CT molecular complexity index is 936. The molecule has 168 valence electrons. The fourth-order valence-electron chi connectivity index (χ4n) is 3.28.